The molecule has 5 heteroatoms. The van der Waals surface area contributed by atoms with Crippen LogP contribution in [0.3, 0.4) is 0 Å². The Hall–Kier alpha value is -1.26. The quantitative estimate of drug-likeness (QED) is 0.823. The van der Waals surface area contributed by atoms with Gasteiger partial charge in [0.1, 0.15) is 0 Å². The third-order valence-electron chi connectivity index (χ3n) is 3.09. The molecule has 1 heterocycles. The van der Waals surface area contributed by atoms with Crippen LogP contribution in [-0.4, -0.2) is 32.2 Å². The standard InChI is InChI=1S/C13H17ClN2O2/c1-18-13(17)11-7-9(14)4-5-12(11)16-8-10-3-2-6-15-10/h4-5,7,10,15-16H,2-3,6,8H2,1H3. The minimum absolute atomic E-state index is 0.376. The highest BCUT2D eigenvalue weighted by molar-refractivity contribution is 6.31. The number of halogens is 1. The molecule has 1 aliphatic heterocycles. The number of carbonyl (C=O) groups excluding carboxylic acids is 1. The molecule has 0 spiro atoms. The van der Waals surface area contributed by atoms with Gasteiger partial charge in [0.2, 0.25) is 0 Å². The van der Waals surface area contributed by atoms with E-state index in [2.05, 4.69) is 10.6 Å². The molecule has 2 rings (SSSR count). The summed E-state index contributed by atoms with van der Waals surface area (Å²) >= 11 is 5.90. The van der Waals surface area contributed by atoms with Crippen LogP contribution in [0.25, 0.3) is 0 Å². The Labute approximate surface area is 112 Å². The molecule has 0 saturated carbocycles. The highest BCUT2D eigenvalue weighted by Gasteiger charge is 2.16. The molecule has 1 aromatic rings. The average molecular weight is 269 g/mol. The van der Waals surface area contributed by atoms with Crippen LogP contribution >= 0.6 is 11.6 Å². The summed E-state index contributed by atoms with van der Waals surface area (Å²) in [5.74, 6) is -0.376. The third kappa shape index (κ3) is 3.15. The highest BCUT2D eigenvalue weighted by atomic mass is 35.5. The van der Waals surface area contributed by atoms with Crippen LogP contribution in [-0.2, 0) is 4.74 Å². The number of benzene rings is 1. The van der Waals surface area contributed by atoms with E-state index in [4.69, 9.17) is 16.3 Å². The van der Waals surface area contributed by atoms with Gasteiger partial charge in [0.05, 0.1) is 12.7 Å². The van der Waals surface area contributed by atoms with Crippen LogP contribution in [0.5, 0.6) is 0 Å². The fourth-order valence-corrected chi connectivity index (χ4v) is 2.29. The fourth-order valence-electron chi connectivity index (χ4n) is 2.11. The molecule has 18 heavy (non-hydrogen) atoms. The number of methoxy groups -OCH3 is 1. The Bertz CT molecular complexity index is 431. The normalized spacial score (nSPS) is 18.7. The first kappa shape index (κ1) is 13.2. The van der Waals surface area contributed by atoms with Crippen molar-refractivity contribution in [2.45, 2.75) is 18.9 Å². The zero-order chi connectivity index (χ0) is 13.0. The number of anilines is 1. The summed E-state index contributed by atoms with van der Waals surface area (Å²) in [6, 6.07) is 5.66. The van der Waals surface area contributed by atoms with Crippen molar-refractivity contribution in [3.63, 3.8) is 0 Å². The van der Waals surface area contributed by atoms with Gasteiger partial charge in [-0.2, -0.15) is 0 Å². The molecule has 1 aromatic carbocycles. The monoisotopic (exact) mass is 268 g/mol. The van der Waals surface area contributed by atoms with Crippen molar-refractivity contribution in [1.82, 2.24) is 5.32 Å². The van der Waals surface area contributed by atoms with Crippen LogP contribution in [0.4, 0.5) is 5.69 Å². The van der Waals surface area contributed by atoms with Gasteiger partial charge in [0.15, 0.2) is 0 Å². The molecule has 0 bridgehead atoms. The SMILES string of the molecule is COC(=O)c1cc(Cl)ccc1NCC1CCCN1. The van der Waals surface area contributed by atoms with E-state index in [1.165, 1.54) is 13.5 Å². The maximum Gasteiger partial charge on any atom is 0.340 e. The maximum absolute atomic E-state index is 11.6. The fraction of sp³-hybridized carbons (Fsp3) is 0.462. The van der Waals surface area contributed by atoms with Crippen LogP contribution in [0.2, 0.25) is 5.02 Å². The predicted octanol–water partition coefficient (Wildman–Crippen LogP) is 2.29. The largest absolute Gasteiger partial charge is 0.465 e. The molecule has 2 N–H and O–H groups in total. The van der Waals surface area contributed by atoms with Crippen LogP contribution in [0, 0.1) is 0 Å². The predicted molar refractivity (Wildman–Crippen MR) is 72.3 cm³/mol. The van der Waals surface area contributed by atoms with Gasteiger partial charge < -0.3 is 15.4 Å². The van der Waals surface area contributed by atoms with Gasteiger partial charge in [-0.15, -0.1) is 0 Å². The molecule has 98 valence electrons. The van der Waals surface area contributed by atoms with Gasteiger partial charge in [0.25, 0.3) is 0 Å². The van der Waals surface area contributed by atoms with Gasteiger partial charge in [-0.3, -0.25) is 0 Å². The lowest BCUT2D eigenvalue weighted by Crippen LogP contribution is -2.29. The minimum atomic E-state index is -0.376. The Morgan fingerprint density at radius 2 is 2.44 bits per heavy atom. The molecule has 1 aliphatic rings. The highest BCUT2D eigenvalue weighted by Crippen LogP contribution is 2.22. The maximum atomic E-state index is 11.6. The lowest BCUT2D eigenvalue weighted by molar-refractivity contribution is 0.0602. The van der Waals surface area contributed by atoms with Gasteiger partial charge in [0, 0.05) is 23.3 Å². The lowest BCUT2D eigenvalue weighted by atomic mass is 10.1. The smallest absolute Gasteiger partial charge is 0.340 e. The molecule has 4 nitrogen and oxygen atoms in total. The van der Waals surface area contributed by atoms with E-state index in [1.54, 1.807) is 12.1 Å². The van der Waals surface area contributed by atoms with Crippen molar-refractivity contribution in [3.8, 4) is 0 Å². The molecular formula is C13H17ClN2O2. The summed E-state index contributed by atoms with van der Waals surface area (Å²) in [5.41, 5.74) is 1.24. The number of ether oxygens (including phenoxy) is 1. The average Bonchev–Trinajstić information content (AvgIpc) is 2.89. The zero-order valence-corrected chi connectivity index (χ0v) is 11.1. The van der Waals surface area contributed by atoms with Crippen LogP contribution < -0.4 is 10.6 Å². The summed E-state index contributed by atoms with van der Waals surface area (Å²) in [5, 5.41) is 7.20. The molecule has 0 aromatic heterocycles. The molecule has 1 fully saturated rings. The Morgan fingerprint density at radius 1 is 1.61 bits per heavy atom. The van der Waals surface area contributed by atoms with Crippen LogP contribution in [0.15, 0.2) is 18.2 Å². The second kappa shape index (κ2) is 6.07. The summed E-state index contributed by atoms with van der Waals surface area (Å²) < 4.78 is 4.75. The minimum Gasteiger partial charge on any atom is -0.465 e. The first-order valence-corrected chi connectivity index (χ1v) is 6.43. The van der Waals surface area contributed by atoms with Gasteiger partial charge in [-0.1, -0.05) is 11.6 Å². The van der Waals surface area contributed by atoms with Gasteiger partial charge >= 0.3 is 5.97 Å². The van der Waals surface area contributed by atoms with Crippen LogP contribution in [0.1, 0.15) is 23.2 Å². The van der Waals surface area contributed by atoms with E-state index in [0.29, 0.717) is 16.6 Å². The second-order valence-electron chi connectivity index (χ2n) is 4.36. The number of carbonyl (C=O) groups is 1. The Balaban J connectivity index is 2.08. The zero-order valence-electron chi connectivity index (χ0n) is 10.3. The van der Waals surface area contributed by atoms with Crippen molar-refractivity contribution in [3.05, 3.63) is 28.8 Å². The van der Waals surface area contributed by atoms with Crippen molar-refractivity contribution in [2.75, 3.05) is 25.5 Å². The van der Waals surface area contributed by atoms with E-state index >= 15 is 0 Å². The third-order valence-corrected chi connectivity index (χ3v) is 3.32. The lowest BCUT2D eigenvalue weighted by Gasteiger charge is -2.15. The summed E-state index contributed by atoms with van der Waals surface area (Å²) in [6.07, 6.45) is 2.37. The number of nitrogens with one attached hydrogen (secondary N) is 2. The summed E-state index contributed by atoms with van der Waals surface area (Å²) in [7, 11) is 1.37. The van der Waals surface area contributed by atoms with E-state index in [0.717, 1.165) is 25.2 Å². The molecular weight excluding hydrogens is 252 g/mol. The van der Waals surface area contributed by atoms with E-state index in [9.17, 15) is 4.79 Å². The first-order chi connectivity index (χ1) is 8.70. The molecule has 1 unspecified atom stereocenters. The Morgan fingerprint density at radius 3 is 3.11 bits per heavy atom. The number of esters is 1. The molecule has 0 radical (unpaired) electrons. The summed E-state index contributed by atoms with van der Waals surface area (Å²) in [4.78, 5) is 11.6. The van der Waals surface area contributed by atoms with E-state index in [1.807, 2.05) is 6.07 Å². The second-order valence-corrected chi connectivity index (χ2v) is 4.79. The van der Waals surface area contributed by atoms with Crippen molar-refractivity contribution in [2.24, 2.45) is 0 Å². The first-order valence-electron chi connectivity index (χ1n) is 6.06. The molecule has 1 atom stereocenters. The van der Waals surface area contributed by atoms with Gasteiger partial charge in [-0.25, -0.2) is 4.79 Å². The number of rotatable bonds is 4. The molecule has 1 saturated heterocycles. The van der Waals surface area contributed by atoms with Crippen molar-refractivity contribution >= 4 is 23.3 Å². The Kier molecular flexibility index (Phi) is 4.44. The summed E-state index contributed by atoms with van der Waals surface area (Å²) in [6.45, 7) is 1.86. The van der Waals surface area contributed by atoms with E-state index < -0.39 is 0 Å². The number of hydrogen-bond donors (Lipinski definition) is 2. The topological polar surface area (TPSA) is 50.4 Å². The molecule has 0 aliphatic carbocycles. The van der Waals surface area contributed by atoms with Crippen molar-refractivity contribution in [1.29, 1.82) is 0 Å². The number of hydrogen-bond acceptors (Lipinski definition) is 4. The van der Waals surface area contributed by atoms with E-state index in [-0.39, 0.29) is 5.97 Å². The van der Waals surface area contributed by atoms with Gasteiger partial charge in [-0.05, 0) is 37.6 Å². The molecule has 0 amide bonds. The van der Waals surface area contributed by atoms with Crippen molar-refractivity contribution < 1.29 is 9.53 Å².